The Labute approximate surface area is 208 Å². The van der Waals surface area contributed by atoms with E-state index in [1.54, 1.807) is 12.1 Å². The summed E-state index contributed by atoms with van der Waals surface area (Å²) in [6.07, 6.45) is 0.258. The zero-order valence-corrected chi connectivity index (χ0v) is 19.9. The van der Waals surface area contributed by atoms with Gasteiger partial charge in [0.2, 0.25) is 11.8 Å². The molecule has 186 valence electrons. The first-order valence-corrected chi connectivity index (χ1v) is 12.3. The van der Waals surface area contributed by atoms with Crippen LogP contribution in [0.2, 0.25) is 0 Å². The van der Waals surface area contributed by atoms with E-state index in [0.29, 0.717) is 17.2 Å². The number of nitrogen functional groups attached to an aromatic ring is 1. The molecule has 0 saturated carbocycles. The number of rotatable bonds is 4. The first kappa shape index (κ1) is 22.5. The number of hydrogen-bond acceptors (Lipinski definition) is 8. The van der Waals surface area contributed by atoms with Crippen LogP contribution in [0.5, 0.6) is 0 Å². The van der Waals surface area contributed by atoms with Gasteiger partial charge in [0.1, 0.15) is 6.04 Å². The van der Waals surface area contributed by atoms with Gasteiger partial charge in [-0.15, -0.1) is 0 Å². The summed E-state index contributed by atoms with van der Waals surface area (Å²) in [5, 5.41) is 2.25. The number of carbonyl (C=O) groups excluding carboxylic acids is 4. The monoisotopic (exact) mass is 488 g/mol. The maximum Gasteiger partial charge on any atom is 0.264 e. The third kappa shape index (κ3) is 3.69. The summed E-state index contributed by atoms with van der Waals surface area (Å²) in [7, 11) is 0. The minimum Gasteiger partial charge on any atom is -0.399 e. The molecule has 2 aromatic rings. The molecule has 36 heavy (non-hydrogen) atoms. The Hall–Kier alpha value is -3.92. The lowest BCUT2D eigenvalue weighted by Crippen LogP contribution is -2.63. The SMILES string of the molecule is Nc1ccc(N2CC(N3CCN(c4cccc5c4C(=O)N(C4CCC(=O)NC4=O)C5=O)CC3)C2)cc1. The molecule has 1 unspecified atom stereocenters. The second-order valence-corrected chi connectivity index (χ2v) is 9.82. The highest BCUT2D eigenvalue weighted by Gasteiger charge is 2.46. The van der Waals surface area contributed by atoms with Gasteiger partial charge in [0, 0.05) is 63.1 Å². The van der Waals surface area contributed by atoms with Gasteiger partial charge in [0.05, 0.1) is 16.8 Å². The molecule has 0 aromatic heterocycles. The number of hydrogen-bond donors (Lipinski definition) is 2. The van der Waals surface area contributed by atoms with Gasteiger partial charge in [0.15, 0.2) is 0 Å². The van der Waals surface area contributed by atoms with E-state index in [2.05, 4.69) is 32.1 Å². The van der Waals surface area contributed by atoms with Crippen LogP contribution in [0.1, 0.15) is 33.6 Å². The van der Waals surface area contributed by atoms with Crippen molar-refractivity contribution in [3.63, 3.8) is 0 Å². The number of piperidine rings is 1. The van der Waals surface area contributed by atoms with Crippen LogP contribution in [0.15, 0.2) is 42.5 Å². The van der Waals surface area contributed by atoms with E-state index < -0.39 is 23.8 Å². The van der Waals surface area contributed by atoms with Gasteiger partial charge in [-0.05, 0) is 42.8 Å². The molecule has 1 atom stereocenters. The molecular formula is C26H28N6O4. The van der Waals surface area contributed by atoms with Crippen molar-refractivity contribution < 1.29 is 19.2 Å². The van der Waals surface area contributed by atoms with Crippen LogP contribution in [0.3, 0.4) is 0 Å². The van der Waals surface area contributed by atoms with Crippen molar-refractivity contribution in [2.75, 3.05) is 54.8 Å². The number of carbonyl (C=O) groups is 4. The van der Waals surface area contributed by atoms with Crippen molar-refractivity contribution in [1.82, 2.24) is 15.1 Å². The molecule has 0 aliphatic carbocycles. The fraction of sp³-hybridized carbons (Fsp3) is 0.385. The molecule has 4 heterocycles. The predicted octanol–water partition coefficient (Wildman–Crippen LogP) is 0.681. The number of nitrogens with two attached hydrogens (primary N) is 1. The molecule has 3 fully saturated rings. The quantitative estimate of drug-likeness (QED) is 0.477. The Morgan fingerprint density at radius 3 is 2.25 bits per heavy atom. The van der Waals surface area contributed by atoms with Crippen molar-refractivity contribution in [2.45, 2.75) is 24.9 Å². The molecule has 3 saturated heterocycles. The second kappa shape index (κ2) is 8.63. The minimum atomic E-state index is -0.956. The largest absolute Gasteiger partial charge is 0.399 e. The molecule has 3 N–H and O–H groups in total. The number of fused-ring (bicyclic) bond motifs is 1. The van der Waals surface area contributed by atoms with Gasteiger partial charge >= 0.3 is 0 Å². The highest BCUT2D eigenvalue weighted by atomic mass is 16.2. The molecule has 10 nitrogen and oxygen atoms in total. The van der Waals surface area contributed by atoms with Gasteiger partial charge in [-0.1, -0.05) is 6.07 Å². The van der Waals surface area contributed by atoms with Crippen molar-refractivity contribution in [1.29, 1.82) is 0 Å². The molecular weight excluding hydrogens is 460 g/mol. The molecule has 10 heteroatoms. The van der Waals surface area contributed by atoms with E-state index in [9.17, 15) is 19.2 Å². The third-order valence-electron chi connectivity index (χ3n) is 7.74. The molecule has 6 rings (SSSR count). The number of imide groups is 2. The Morgan fingerprint density at radius 2 is 1.56 bits per heavy atom. The zero-order valence-electron chi connectivity index (χ0n) is 19.9. The van der Waals surface area contributed by atoms with Crippen LogP contribution in [0, 0.1) is 0 Å². The van der Waals surface area contributed by atoms with Crippen LogP contribution < -0.4 is 20.9 Å². The lowest BCUT2D eigenvalue weighted by Gasteiger charge is -2.49. The molecule has 0 radical (unpaired) electrons. The van der Waals surface area contributed by atoms with Gasteiger partial charge in [0.25, 0.3) is 11.8 Å². The van der Waals surface area contributed by atoms with Crippen molar-refractivity contribution in [3.8, 4) is 0 Å². The Bertz CT molecular complexity index is 1250. The van der Waals surface area contributed by atoms with Gasteiger partial charge in [-0.2, -0.15) is 0 Å². The molecule has 0 spiro atoms. The van der Waals surface area contributed by atoms with Gasteiger partial charge in [-0.3, -0.25) is 34.3 Å². The number of anilines is 3. The summed E-state index contributed by atoms with van der Waals surface area (Å²) in [6.45, 7) is 5.16. The summed E-state index contributed by atoms with van der Waals surface area (Å²) < 4.78 is 0. The maximum absolute atomic E-state index is 13.4. The third-order valence-corrected chi connectivity index (χ3v) is 7.74. The Kier molecular flexibility index (Phi) is 5.40. The van der Waals surface area contributed by atoms with Crippen LogP contribution in [-0.2, 0) is 9.59 Å². The number of amides is 4. The van der Waals surface area contributed by atoms with E-state index in [-0.39, 0.29) is 18.7 Å². The molecule has 2 aromatic carbocycles. The molecule has 0 bridgehead atoms. The van der Waals surface area contributed by atoms with E-state index in [1.807, 2.05) is 18.2 Å². The second-order valence-electron chi connectivity index (χ2n) is 9.82. The zero-order chi connectivity index (χ0) is 25.0. The smallest absolute Gasteiger partial charge is 0.264 e. The number of benzene rings is 2. The minimum absolute atomic E-state index is 0.107. The average molecular weight is 489 g/mol. The molecule has 4 aliphatic rings. The summed E-state index contributed by atoms with van der Waals surface area (Å²) in [5.41, 5.74) is 9.16. The molecule has 4 amide bonds. The van der Waals surface area contributed by atoms with E-state index in [0.717, 1.165) is 55.5 Å². The van der Waals surface area contributed by atoms with E-state index >= 15 is 0 Å². The van der Waals surface area contributed by atoms with Gasteiger partial charge < -0.3 is 15.5 Å². The Balaban J connectivity index is 1.12. The lowest BCUT2D eigenvalue weighted by molar-refractivity contribution is -0.136. The topological polar surface area (TPSA) is 119 Å². The van der Waals surface area contributed by atoms with Crippen molar-refractivity contribution >= 4 is 40.7 Å². The van der Waals surface area contributed by atoms with E-state index in [1.165, 1.54) is 5.69 Å². The summed E-state index contributed by atoms with van der Waals surface area (Å²) in [4.78, 5) is 58.5. The molecule has 4 aliphatic heterocycles. The lowest BCUT2D eigenvalue weighted by atomic mass is 10.0. The van der Waals surface area contributed by atoms with Crippen LogP contribution >= 0.6 is 0 Å². The van der Waals surface area contributed by atoms with E-state index in [4.69, 9.17) is 5.73 Å². The number of nitrogens with zero attached hydrogens (tertiary/aromatic N) is 4. The van der Waals surface area contributed by atoms with Crippen molar-refractivity contribution in [3.05, 3.63) is 53.6 Å². The van der Waals surface area contributed by atoms with Crippen LogP contribution in [0.4, 0.5) is 17.1 Å². The van der Waals surface area contributed by atoms with Gasteiger partial charge in [-0.25, -0.2) is 0 Å². The first-order chi connectivity index (χ1) is 17.4. The highest BCUT2D eigenvalue weighted by Crippen LogP contribution is 2.35. The fourth-order valence-electron chi connectivity index (χ4n) is 5.67. The predicted molar refractivity (Wildman–Crippen MR) is 134 cm³/mol. The first-order valence-electron chi connectivity index (χ1n) is 12.3. The summed E-state index contributed by atoms with van der Waals surface area (Å²) in [5.74, 6) is -1.90. The number of piperazine rings is 1. The fourth-order valence-corrected chi connectivity index (χ4v) is 5.67. The summed E-state index contributed by atoms with van der Waals surface area (Å²) >= 11 is 0. The Morgan fingerprint density at radius 1 is 0.833 bits per heavy atom. The van der Waals surface area contributed by atoms with Crippen LogP contribution in [0.25, 0.3) is 0 Å². The maximum atomic E-state index is 13.4. The normalized spacial score (nSPS) is 23.1. The average Bonchev–Trinajstić information content (AvgIpc) is 3.10. The van der Waals surface area contributed by atoms with Crippen LogP contribution in [-0.4, -0.2) is 84.8 Å². The highest BCUT2D eigenvalue weighted by molar-refractivity contribution is 6.25. The van der Waals surface area contributed by atoms with Crippen molar-refractivity contribution in [2.24, 2.45) is 0 Å². The number of nitrogens with one attached hydrogen (secondary N) is 1. The summed E-state index contributed by atoms with van der Waals surface area (Å²) in [6, 6.07) is 12.8. The standard InChI is InChI=1S/C26H28N6O4/c27-16-4-6-17(7-5-16)31-14-18(15-31)29-10-12-30(13-11-29)20-3-1-2-19-23(20)26(36)32(25(19)35)21-8-9-22(33)28-24(21)34/h1-7,18,21H,8-15,27H2,(H,28,33,34).